The van der Waals surface area contributed by atoms with Crippen LogP contribution in [0, 0.1) is 12.7 Å². The molecule has 0 aliphatic heterocycles. The van der Waals surface area contributed by atoms with Crippen LogP contribution in [-0.2, 0) is 0 Å². The SMILES string of the molecule is Cc1ccc(-n2nccc2-c2nn(-c3cccc(OC(F)(F)F)c3)ccc2=O)cc1F. The van der Waals surface area contributed by atoms with Gasteiger partial charge >= 0.3 is 6.36 Å². The summed E-state index contributed by atoms with van der Waals surface area (Å²) >= 11 is 0. The minimum absolute atomic E-state index is 0.0110. The normalized spacial score (nSPS) is 11.5. The molecule has 2 aromatic heterocycles. The molecule has 0 aliphatic rings. The molecule has 0 amide bonds. The molecule has 0 saturated carbocycles. The first kappa shape index (κ1) is 20.3. The van der Waals surface area contributed by atoms with Crippen LogP contribution >= 0.6 is 0 Å². The average molecular weight is 430 g/mol. The third-order valence-electron chi connectivity index (χ3n) is 4.41. The van der Waals surface area contributed by atoms with Crippen LogP contribution < -0.4 is 10.2 Å². The number of halogens is 4. The number of aryl methyl sites for hydroxylation is 1. The van der Waals surface area contributed by atoms with Crippen molar-refractivity contribution < 1.29 is 22.3 Å². The van der Waals surface area contributed by atoms with Crippen LogP contribution in [0.5, 0.6) is 5.75 Å². The van der Waals surface area contributed by atoms with Crippen LogP contribution in [0.3, 0.4) is 0 Å². The molecule has 4 aromatic rings. The lowest BCUT2D eigenvalue weighted by Crippen LogP contribution is -2.17. The fourth-order valence-electron chi connectivity index (χ4n) is 2.95. The summed E-state index contributed by atoms with van der Waals surface area (Å²) < 4.78 is 58.1. The molecule has 2 aromatic carbocycles. The number of hydrogen-bond donors (Lipinski definition) is 0. The highest BCUT2D eigenvalue weighted by atomic mass is 19.4. The number of nitrogens with zero attached hydrogens (tertiary/aromatic N) is 4. The van der Waals surface area contributed by atoms with Gasteiger partial charge in [-0.05, 0) is 42.8 Å². The maximum atomic E-state index is 14.0. The fourth-order valence-corrected chi connectivity index (χ4v) is 2.95. The standard InChI is InChI=1S/C21H14F4N4O2/c1-13-5-6-15(12-17(13)22)29-18(7-9-26-29)20-19(30)8-10-28(27-20)14-3-2-4-16(11-14)31-21(23,24)25/h2-12H,1H3. The van der Waals surface area contributed by atoms with E-state index in [0.29, 0.717) is 16.9 Å². The van der Waals surface area contributed by atoms with Crippen LogP contribution in [0.4, 0.5) is 17.6 Å². The number of rotatable bonds is 4. The molecule has 0 radical (unpaired) electrons. The molecular formula is C21H14F4N4O2. The molecule has 31 heavy (non-hydrogen) atoms. The molecule has 2 heterocycles. The van der Waals surface area contributed by atoms with Crippen molar-refractivity contribution in [3.05, 3.63) is 88.6 Å². The number of ether oxygens (including phenoxy) is 1. The Morgan fingerprint density at radius 2 is 1.81 bits per heavy atom. The molecular weight excluding hydrogens is 416 g/mol. The third kappa shape index (κ3) is 4.32. The van der Waals surface area contributed by atoms with Gasteiger partial charge in [-0.2, -0.15) is 10.2 Å². The van der Waals surface area contributed by atoms with Gasteiger partial charge < -0.3 is 4.74 Å². The summed E-state index contributed by atoms with van der Waals surface area (Å²) in [7, 11) is 0. The van der Waals surface area contributed by atoms with E-state index in [1.807, 2.05) is 0 Å². The Morgan fingerprint density at radius 1 is 1.00 bits per heavy atom. The Hall–Kier alpha value is -3.95. The van der Waals surface area contributed by atoms with Gasteiger partial charge in [-0.25, -0.2) is 13.8 Å². The smallest absolute Gasteiger partial charge is 0.406 e. The van der Waals surface area contributed by atoms with E-state index in [9.17, 15) is 22.4 Å². The van der Waals surface area contributed by atoms with Crippen LogP contribution in [-0.4, -0.2) is 25.9 Å². The van der Waals surface area contributed by atoms with Crippen molar-refractivity contribution >= 4 is 0 Å². The molecule has 0 bridgehead atoms. The summed E-state index contributed by atoms with van der Waals surface area (Å²) in [5.74, 6) is -0.855. The van der Waals surface area contributed by atoms with E-state index in [1.165, 1.54) is 52.1 Å². The molecule has 0 spiro atoms. The molecule has 0 aliphatic carbocycles. The second-order valence-electron chi connectivity index (χ2n) is 6.58. The second kappa shape index (κ2) is 7.71. The number of hydrogen-bond acceptors (Lipinski definition) is 4. The van der Waals surface area contributed by atoms with E-state index in [1.54, 1.807) is 19.1 Å². The van der Waals surface area contributed by atoms with Crippen LogP contribution in [0.15, 0.2) is 71.8 Å². The molecule has 0 atom stereocenters. The van der Waals surface area contributed by atoms with Gasteiger partial charge in [-0.15, -0.1) is 13.2 Å². The molecule has 158 valence electrons. The third-order valence-corrected chi connectivity index (χ3v) is 4.41. The summed E-state index contributed by atoms with van der Waals surface area (Å²) in [5, 5.41) is 8.41. The lowest BCUT2D eigenvalue weighted by atomic mass is 10.2. The van der Waals surface area contributed by atoms with Crippen molar-refractivity contribution in [1.82, 2.24) is 19.6 Å². The highest BCUT2D eigenvalue weighted by Crippen LogP contribution is 2.25. The van der Waals surface area contributed by atoms with Crippen molar-refractivity contribution in [2.75, 3.05) is 0 Å². The van der Waals surface area contributed by atoms with Crippen LogP contribution in [0.1, 0.15) is 5.56 Å². The first-order chi connectivity index (χ1) is 14.7. The Bertz CT molecular complexity index is 1310. The van der Waals surface area contributed by atoms with Gasteiger partial charge in [0.15, 0.2) is 5.69 Å². The van der Waals surface area contributed by atoms with Gasteiger partial charge in [0.05, 0.1) is 23.3 Å². The fraction of sp³-hybridized carbons (Fsp3) is 0.0952. The maximum Gasteiger partial charge on any atom is 0.573 e. The van der Waals surface area contributed by atoms with Crippen molar-refractivity contribution in [3.63, 3.8) is 0 Å². The summed E-state index contributed by atoms with van der Waals surface area (Å²) in [6.07, 6.45) is -2.08. The van der Waals surface area contributed by atoms with Gasteiger partial charge in [0.1, 0.15) is 11.6 Å². The lowest BCUT2D eigenvalue weighted by Gasteiger charge is -2.12. The lowest BCUT2D eigenvalue weighted by molar-refractivity contribution is -0.274. The zero-order valence-corrected chi connectivity index (χ0v) is 16.0. The van der Waals surface area contributed by atoms with Crippen molar-refractivity contribution in [2.24, 2.45) is 0 Å². The average Bonchev–Trinajstić information content (AvgIpc) is 3.19. The Labute approximate surface area is 172 Å². The predicted octanol–water partition coefficient (Wildman–Crippen LogP) is 4.43. The van der Waals surface area contributed by atoms with Gasteiger partial charge in [0.2, 0.25) is 5.43 Å². The van der Waals surface area contributed by atoms with Gasteiger partial charge in [0, 0.05) is 18.3 Å². The predicted molar refractivity (Wildman–Crippen MR) is 104 cm³/mol. The molecule has 10 heteroatoms. The van der Waals surface area contributed by atoms with Crippen molar-refractivity contribution in [1.29, 1.82) is 0 Å². The quantitative estimate of drug-likeness (QED) is 0.450. The van der Waals surface area contributed by atoms with E-state index >= 15 is 0 Å². The Kier molecular flexibility index (Phi) is 5.05. The molecule has 6 nitrogen and oxygen atoms in total. The topological polar surface area (TPSA) is 61.9 Å². The van der Waals surface area contributed by atoms with Gasteiger partial charge in [-0.1, -0.05) is 12.1 Å². The number of aromatic nitrogens is 4. The Morgan fingerprint density at radius 3 is 2.55 bits per heavy atom. The monoisotopic (exact) mass is 430 g/mol. The van der Waals surface area contributed by atoms with E-state index in [0.717, 1.165) is 12.1 Å². The van der Waals surface area contributed by atoms with E-state index in [4.69, 9.17) is 0 Å². The van der Waals surface area contributed by atoms with Gasteiger partial charge in [0.25, 0.3) is 0 Å². The minimum Gasteiger partial charge on any atom is -0.406 e. The zero-order valence-electron chi connectivity index (χ0n) is 16.0. The summed E-state index contributed by atoms with van der Waals surface area (Å²) in [4.78, 5) is 12.5. The first-order valence-corrected chi connectivity index (χ1v) is 8.98. The largest absolute Gasteiger partial charge is 0.573 e. The molecule has 0 saturated heterocycles. The molecule has 4 rings (SSSR count). The molecule has 0 fully saturated rings. The highest BCUT2D eigenvalue weighted by Gasteiger charge is 2.31. The molecule has 0 unspecified atom stereocenters. The number of alkyl halides is 3. The van der Waals surface area contributed by atoms with Crippen molar-refractivity contribution in [3.8, 4) is 28.5 Å². The summed E-state index contributed by atoms with van der Waals surface area (Å²) in [6.45, 7) is 1.62. The van der Waals surface area contributed by atoms with E-state index in [2.05, 4.69) is 14.9 Å². The number of benzene rings is 2. The zero-order chi connectivity index (χ0) is 22.2. The molecule has 0 N–H and O–H groups in total. The highest BCUT2D eigenvalue weighted by molar-refractivity contribution is 5.57. The van der Waals surface area contributed by atoms with E-state index in [-0.39, 0.29) is 11.4 Å². The first-order valence-electron chi connectivity index (χ1n) is 8.98. The van der Waals surface area contributed by atoms with Gasteiger partial charge in [-0.3, -0.25) is 4.79 Å². The minimum atomic E-state index is -4.84. The van der Waals surface area contributed by atoms with Crippen LogP contribution in [0.25, 0.3) is 22.8 Å². The van der Waals surface area contributed by atoms with Crippen LogP contribution in [0.2, 0.25) is 0 Å². The summed E-state index contributed by atoms with van der Waals surface area (Å²) in [6, 6.07) is 12.5. The second-order valence-corrected chi connectivity index (χ2v) is 6.58. The Balaban J connectivity index is 1.77. The van der Waals surface area contributed by atoms with Crippen molar-refractivity contribution in [2.45, 2.75) is 13.3 Å². The van der Waals surface area contributed by atoms with E-state index < -0.39 is 23.4 Å². The maximum absolute atomic E-state index is 14.0. The summed E-state index contributed by atoms with van der Waals surface area (Å²) in [5.41, 5.74) is 0.941.